The molecule has 0 radical (unpaired) electrons. The minimum absolute atomic E-state index is 0.271. The van der Waals surface area contributed by atoms with Crippen molar-refractivity contribution in [3.63, 3.8) is 0 Å². The lowest BCUT2D eigenvalue weighted by Gasteiger charge is -2.33. The molecule has 0 saturated carbocycles. The number of hydrogen-bond donors (Lipinski definition) is 1. The van der Waals surface area contributed by atoms with Crippen molar-refractivity contribution < 1.29 is 19.4 Å². The molecule has 7 nitrogen and oxygen atoms in total. The summed E-state index contributed by atoms with van der Waals surface area (Å²) in [5.74, 6) is 1.50. The monoisotopic (exact) mass is 379 g/mol. The van der Waals surface area contributed by atoms with Crippen LogP contribution in [0.1, 0.15) is 18.4 Å². The SMILES string of the molecule is COc1ccc(CN2CCCCO2)c(OCC(O)CN2CCN(C)CC2)c1. The average Bonchev–Trinajstić information content (AvgIpc) is 2.70. The first kappa shape index (κ1) is 20.4. The van der Waals surface area contributed by atoms with Crippen LogP contribution in [-0.4, -0.2) is 92.7 Å². The Kier molecular flexibility index (Phi) is 7.72. The predicted molar refractivity (Wildman–Crippen MR) is 104 cm³/mol. The van der Waals surface area contributed by atoms with Crippen LogP contribution in [0.25, 0.3) is 0 Å². The molecule has 2 heterocycles. The van der Waals surface area contributed by atoms with Gasteiger partial charge in [-0.05, 0) is 26.0 Å². The molecule has 0 aliphatic carbocycles. The van der Waals surface area contributed by atoms with E-state index in [1.807, 2.05) is 23.3 Å². The number of aliphatic hydroxyl groups excluding tert-OH is 1. The molecule has 3 rings (SSSR count). The van der Waals surface area contributed by atoms with E-state index in [9.17, 15) is 5.11 Å². The van der Waals surface area contributed by atoms with Crippen LogP contribution in [0.4, 0.5) is 0 Å². The Morgan fingerprint density at radius 1 is 1.15 bits per heavy atom. The summed E-state index contributed by atoms with van der Waals surface area (Å²) >= 11 is 0. The average molecular weight is 380 g/mol. The molecule has 1 atom stereocenters. The van der Waals surface area contributed by atoms with E-state index in [2.05, 4.69) is 16.8 Å². The van der Waals surface area contributed by atoms with Crippen molar-refractivity contribution in [1.29, 1.82) is 0 Å². The third-order valence-electron chi connectivity index (χ3n) is 5.19. The van der Waals surface area contributed by atoms with Crippen LogP contribution < -0.4 is 9.47 Å². The highest BCUT2D eigenvalue weighted by atomic mass is 16.7. The van der Waals surface area contributed by atoms with Gasteiger partial charge >= 0.3 is 0 Å². The van der Waals surface area contributed by atoms with Gasteiger partial charge in [-0.15, -0.1) is 0 Å². The number of likely N-dealkylation sites (N-methyl/N-ethyl adjacent to an activating group) is 1. The number of hydrogen-bond acceptors (Lipinski definition) is 7. The fraction of sp³-hybridized carbons (Fsp3) is 0.700. The number of aliphatic hydroxyl groups is 1. The summed E-state index contributed by atoms with van der Waals surface area (Å²) < 4.78 is 11.3. The van der Waals surface area contributed by atoms with Crippen molar-refractivity contribution in [3.8, 4) is 11.5 Å². The lowest BCUT2D eigenvalue weighted by atomic mass is 10.1. The van der Waals surface area contributed by atoms with Gasteiger partial charge in [-0.3, -0.25) is 9.74 Å². The number of piperazine rings is 1. The van der Waals surface area contributed by atoms with E-state index < -0.39 is 6.10 Å². The first-order chi connectivity index (χ1) is 13.1. The number of ether oxygens (including phenoxy) is 2. The maximum atomic E-state index is 10.4. The summed E-state index contributed by atoms with van der Waals surface area (Å²) in [6.07, 6.45) is 1.75. The smallest absolute Gasteiger partial charge is 0.127 e. The first-order valence-corrected chi connectivity index (χ1v) is 9.90. The van der Waals surface area contributed by atoms with E-state index in [0.717, 1.165) is 69.2 Å². The van der Waals surface area contributed by atoms with Crippen molar-refractivity contribution in [2.75, 3.05) is 66.6 Å². The molecule has 7 heteroatoms. The molecule has 1 aromatic rings. The molecule has 0 bridgehead atoms. The molecule has 1 unspecified atom stereocenters. The Morgan fingerprint density at radius 3 is 2.67 bits per heavy atom. The summed E-state index contributed by atoms with van der Waals surface area (Å²) in [5.41, 5.74) is 1.05. The summed E-state index contributed by atoms with van der Waals surface area (Å²) in [5, 5.41) is 12.4. The Hall–Kier alpha value is -1.38. The zero-order valence-electron chi connectivity index (χ0n) is 16.6. The van der Waals surface area contributed by atoms with E-state index in [0.29, 0.717) is 13.1 Å². The third-order valence-corrected chi connectivity index (χ3v) is 5.19. The van der Waals surface area contributed by atoms with Gasteiger partial charge in [-0.1, -0.05) is 6.07 Å². The lowest BCUT2D eigenvalue weighted by molar-refractivity contribution is -0.187. The quantitative estimate of drug-likeness (QED) is 0.729. The Bertz CT molecular complexity index is 572. The highest BCUT2D eigenvalue weighted by Crippen LogP contribution is 2.27. The number of hydroxylamine groups is 2. The minimum atomic E-state index is -0.515. The minimum Gasteiger partial charge on any atom is -0.497 e. The molecule has 2 aliphatic rings. The van der Waals surface area contributed by atoms with Crippen molar-refractivity contribution >= 4 is 0 Å². The van der Waals surface area contributed by atoms with Gasteiger partial charge in [-0.2, -0.15) is 5.06 Å². The molecule has 27 heavy (non-hydrogen) atoms. The number of rotatable bonds is 8. The van der Waals surface area contributed by atoms with Gasteiger partial charge in [0.1, 0.15) is 24.2 Å². The number of methoxy groups -OCH3 is 1. The summed E-state index contributed by atoms with van der Waals surface area (Å²) in [6.45, 7) is 7.36. The fourth-order valence-electron chi connectivity index (χ4n) is 3.46. The molecule has 2 aliphatic heterocycles. The van der Waals surface area contributed by atoms with Crippen LogP contribution in [0.3, 0.4) is 0 Å². The molecule has 0 aromatic heterocycles. The molecule has 1 N–H and O–H groups in total. The normalized spacial score (nSPS) is 21.1. The maximum absolute atomic E-state index is 10.4. The van der Waals surface area contributed by atoms with E-state index in [1.54, 1.807) is 7.11 Å². The molecule has 152 valence electrons. The van der Waals surface area contributed by atoms with Crippen LogP contribution in [0.2, 0.25) is 0 Å². The zero-order valence-corrected chi connectivity index (χ0v) is 16.6. The van der Waals surface area contributed by atoms with Gasteiger partial charge in [0, 0.05) is 50.9 Å². The van der Waals surface area contributed by atoms with Crippen molar-refractivity contribution in [2.24, 2.45) is 0 Å². The van der Waals surface area contributed by atoms with Crippen molar-refractivity contribution in [3.05, 3.63) is 23.8 Å². The van der Waals surface area contributed by atoms with Gasteiger partial charge in [0.05, 0.1) is 20.3 Å². The highest BCUT2D eigenvalue weighted by Gasteiger charge is 2.19. The number of benzene rings is 1. The van der Waals surface area contributed by atoms with E-state index in [-0.39, 0.29) is 6.61 Å². The van der Waals surface area contributed by atoms with Crippen LogP contribution in [0.5, 0.6) is 11.5 Å². The molecule has 2 fully saturated rings. The van der Waals surface area contributed by atoms with Crippen LogP contribution in [0.15, 0.2) is 18.2 Å². The molecular formula is C20H33N3O4. The van der Waals surface area contributed by atoms with Crippen molar-refractivity contribution in [1.82, 2.24) is 14.9 Å². The van der Waals surface area contributed by atoms with Crippen LogP contribution in [0, 0.1) is 0 Å². The molecular weight excluding hydrogens is 346 g/mol. The maximum Gasteiger partial charge on any atom is 0.127 e. The second-order valence-corrected chi connectivity index (χ2v) is 7.45. The molecule has 0 amide bonds. The van der Waals surface area contributed by atoms with Crippen molar-refractivity contribution in [2.45, 2.75) is 25.5 Å². The van der Waals surface area contributed by atoms with Gasteiger partial charge in [0.15, 0.2) is 0 Å². The molecule has 2 saturated heterocycles. The Balaban J connectivity index is 1.55. The van der Waals surface area contributed by atoms with Gasteiger partial charge < -0.3 is 19.5 Å². The third kappa shape index (κ3) is 6.33. The second-order valence-electron chi connectivity index (χ2n) is 7.45. The van der Waals surface area contributed by atoms with E-state index in [1.165, 1.54) is 0 Å². The summed E-state index contributed by atoms with van der Waals surface area (Å²) in [7, 11) is 3.78. The molecule has 0 spiro atoms. The van der Waals surface area contributed by atoms with Crippen LogP contribution in [-0.2, 0) is 11.4 Å². The van der Waals surface area contributed by atoms with Gasteiger partial charge in [0.25, 0.3) is 0 Å². The topological polar surface area (TPSA) is 57.6 Å². The number of β-amino-alcohol motifs (C(OH)–C–C–N with tert-alkyl or cyclic N) is 1. The van der Waals surface area contributed by atoms with E-state index >= 15 is 0 Å². The highest BCUT2D eigenvalue weighted by molar-refractivity contribution is 5.40. The Morgan fingerprint density at radius 2 is 1.96 bits per heavy atom. The summed E-state index contributed by atoms with van der Waals surface area (Å²) in [4.78, 5) is 10.3. The number of nitrogens with zero attached hydrogens (tertiary/aromatic N) is 3. The predicted octanol–water partition coefficient (Wildman–Crippen LogP) is 1.21. The van der Waals surface area contributed by atoms with Gasteiger partial charge in [0.2, 0.25) is 0 Å². The summed E-state index contributed by atoms with van der Waals surface area (Å²) in [6, 6.07) is 5.84. The second kappa shape index (κ2) is 10.2. The van der Waals surface area contributed by atoms with Gasteiger partial charge in [-0.25, -0.2) is 0 Å². The lowest BCUT2D eigenvalue weighted by Crippen LogP contribution is -2.47. The van der Waals surface area contributed by atoms with E-state index in [4.69, 9.17) is 14.3 Å². The fourth-order valence-corrected chi connectivity index (χ4v) is 3.46. The van der Waals surface area contributed by atoms with Crippen LogP contribution >= 0.6 is 0 Å². The largest absolute Gasteiger partial charge is 0.497 e. The Labute approximate surface area is 162 Å². The molecule has 1 aromatic carbocycles. The first-order valence-electron chi connectivity index (χ1n) is 9.90. The zero-order chi connectivity index (χ0) is 19.1. The standard InChI is InChI=1S/C20H33N3O4/c1-21-8-10-22(11-9-21)15-18(24)16-26-20-13-19(25-2)6-5-17(20)14-23-7-3-4-12-27-23/h5-6,13,18,24H,3-4,7-12,14-16H2,1-2H3.